The first kappa shape index (κ1) is 10.8. The van der Waals surface area contributed by atoms with Gasteiger partial charge in [0, 0.05) is 5.92 Å². The Kier molecular flexibility index (Phi) is 2.08. The normalized spacial score (nSPS) is 55.1. The third-order valence-corrected chi connectivity index (χ3v) is 5.57. The van der Waals surface area contributed by atoms with Gasteiger partial charge in [0.15, 0.2) is 0 Å². The van der Waals surface area contributed by atoms with E-state index in [9.17, 15) is 4.79 Å². The van der Waals surface area contributed by atoms with Crippen LogP contribution in [0.25, 0.3) is 0 Å². The van der Waals surface area contributed by atoms with E-state index in [1.54, 1.807) is 6.92 Å². The Morgan fingerprint density at radius 1 is 1.25 bits per heavy atom. The van der Waals surface area contributed by atoms with Crippen LogP contribution in [-0.4, -0.2) is 17.5 Å². The minimum Gasteiger partial charge on any atom is -0.366 e. The van der Waals surface area contributed by atoms with Gasteiger partial charge in [0.2, 0.25) is 0 Å². The van der Waals surface area contributed by atoms with Crippen LogP contribution in [0.1, 0.15) is 52.9 Å². The number of rotatable bonds is 1. The van der Waals surface area contributed by atoms with Crippen molar-refractivity contribution in [2.75, 3.05) is 0 Å². The van der Waals surface area contributed by atoms with Gasteiger partial charge in [-0.3, -0.25) is 4.79 Å². The van der Waals surface area contributed by atoms with Gasteiger partial charge in [-0.15, -0.1) is 0 Å². The van der Waals surface area contributed by atoms with E-state index in [0.717, 1.165) is 12.8 Å². The van der Waals surface area contributed by atoms with Crippen LogP contribution in [0.3, 0.4) is 0 Å². The summed E-state index contributed by atoms with van der Waals surface area (Å²) in [7, 11) is 0. The van der Waals surface area contributed by atoms with E-state index < -0.39 is 0 Å². The van der Waals surface area contributed by atoms with Crippen LogP contribution in [0.4, 0.5) is 0 Å². The molecule has 0 radical (unpaired) electrons. The van der Waals surface area contributed by atoms with Crippen molar-refractivity contribution < 1.29 is 9.53 Å². The molecule has 0 bridgehead atoms. The monoisotopic (exact) mass is 222 g/mol. The average molecular weight is 222 g/mol. The minimum atomic E-state index is 0.161. The zero-order valence-corrected chi connectivity index (χ0v) is 10.6. The van der Waals surface area contributed by atoms with Gasteiger partial charge in [-0.25, -0.2) is 0 Å². The topological polar surface area (TPSA) is 29.6 Å². The summed E-state index contributed by atoms with van der Waals surface area (Å²) in [6.07, 6.45) is 6.33. The molecule has 0 aromatic heterocycles. The molecule has 5 atom stereocenters. The first-order chi connectivity index (χ1) is 7.45. The molecule has 0 aromatic carbocycles. The van der Waals surface area contributed by atoms with Crippen molar-refractivity contribution in [1.82, 2.24) is 0 Å². The molecule has 16 heavy (non-hydrogen) atoms. The number of fused-ring (bicyclic) bond motifs is 2. The molecule has 0 aromatic rings. The molecule has 2 aliphatic carbocycles. The van der Waals surface area contributed by atoms with Crippen molar-refractivity contribution in [2.24, 2.45) is 17.3 Å². The van der Waals surface area contributed by atoms with E-state index in [1.165, 1.54) is 19.3 Å². The largest absolute Gasteiger partial charge is 0.366 e. The number of ketones is 1. The number of hydrogen-bond acceptors (Lipinski definition) is 2. The Labute approximate surface area is 97.7 Å². The zero-order valence-electron chi connectivity index (χ0n) is 10.6. The van der Waals surface area contributed by atoms with Crippen LogP contribution in [0.5, 0.6) is 0 Å². The van der Waals surface area contributed by atoms with Crippen LogP contribution in [-0.2, 0) is 9.53 Å². The van der Waals surface area contributed by atoms with Gasteiger partial charge < -0.3 is 4.74 Å². The zero-order chi connectivity index (χ0) is 11.6. The summed E-state index contributed by atoms with van der Waals surface area (Å²) in [5, 5.41) is 0. The van der Waals surface area contributed by atoms with Gasteiger partial charge >= 0.3 is 0 Å². The average Bonchev–Trinajstić information content (AvgIpc) is 2.68. The van der Waals surface area contributed by atoms with Crippen molar-refractivity contribution in [2.45, 2.75) is 64.6 Å². The van der Waals surface area contributed by atoms with Gasteiger partial charge in [-0.1, -0.05) is 6.92 Å². The summed E-state index contributed by atoms with van der Waals surface area (Å²) in [5.41, 5.74) is 0.532. The molecule has 2 nitrogen and oxygen atoms in total. The number of carbonyl (C=O) groups is 1. The van der Waals surface area contributed by atoms with E-state index in [4.69, 9.17) is 4.74 Å². The summed E-state index contributed by atoms with van der Waals surface area (Å²) in [4.78, 5) is 11.7. The molecule has 1 heterocycles. The van der Waals surface area contributed by atoms with Gasteiger partial charge in [0.25, 0.3) is 0 Å². The number of ether oxygens (including phenoxy) is 1. The van der Waals surface area contributed by atoms with Crippen molar-refractivity contribution in [1.29, 1.82) is 0 Å². The Bertz CT molecular complexity index is 338. The maximum absolute atomic E-state index is 11.7. The molecule has 90 valence electrons. The summed E-state index contributed by atoms with van der Waals surface area (Å²) >= 11 is 0. The van der Waals surface area contributed by atoms with Crippen LogP contribution in [0.2, 0.25) is 0 Å². The number of Topliss-reactive ketones (excluding diaryl/α,β-unsaturated/α-hetero) is 1. The highest BCUT2D eigenvalue weighted by molar-refractivity contribution is 5.79. The standard InChI is InChI=1S/C14H22O2/c1-9(15)10-4-6-13(2)8-12-14(3,16-12)7-5-11(10)13/h10-12H,4-8H2,1-3H3/t10-,11-,12+,13+,14-/m0/s1. The molecule has 0 N–H and O–H groups in total. The van der Waals surface area contributed by atoms with Gasteiger partial charge in [-0.05, 0) is 57.3 Å². The molecule has 2 saturated carbocycles. The third kappa shape index (κ3) is 1.38. The summed E-state index contributed by atoms with van der Waals surface area (Å²) in [5.74, 6) is 1.37. The Morgan fingerprint density at radius 3 is 2.69 bits per heavy atom. The lowest BCUT2D eigenvalue weighted by atomic mass is 9.73. The molecule has 3 aliphatic rings. The van der Waals surface area contributed by atoms with Gasteiger partial charge in [0.1, 0.15) is 5.78 Å². The number of carbonyl (C=O) groups excluding carboxylic acids is 1. The van der Waals surface area contributed by atoms with Gasteiger partial charge in [-0.2, -0.15) is 0 Å². The van der Waals surface area contributed by atoms with Crippen LogP contribution in [0, 0.1) is 17.3 Å². The van der Waals surface area contributed by atoms with Crippen molar-refractivity contribution in [3.63, 3.8) is 0 Å². The lowest BCUT2D eigenvalue weighted by Crippen LogP contribution is -2.28. The van der Waals surface area contributed by atoms with E-state index in [1.807, 2.05) is 0 Å². The second-order valence-corrected chi connectivity index (χ2v) is 6.68. The van der Waals surface area contributed by atoms with Crippen LogP contribution < -0.4 is 0 Å². The Hall–Kier alpha value is -0.370. The van der Waals surface area contributed by atoms with E-state index in [2.05, 4.69) is 13.8 Å². The summed E-state index contributed by atoms with van der Waals surface area (Å²) in [6, 6.07) is 0. The Balaban J connectivity index is 1.85. The first-order valence-corrected chi connectivity index (χ1v) is 6.63. The molecule has 0 spiro atoms. The fourth-order valence-corrected chi connectivity index (χ4v) is 4.28. The molecule has 2 heteroatoms. The second-order valence-electron chi connectivity index (χ2n) is 6.68. The molecular formula is C14H22O2. The van der Waals surface area contributed by atoms with Crippen LogP contribution >= 0.6 is 0 Å². The molecule has 0 amide bonds. The van der Waals surface area contributed by atoms with E-state index >= 15 is 0 Å². The molecule has 1 saturated heterocycles. The minimum absolute atomic E-state index is 0.161. The smallest absolute Gasteiger partial charge is 0.133 e. The number of hydrogen-bond donors (Lipinski definition) is 0. The highest BCUT2D eigenvalue weighted by atomic mass is 16.6. The van der Waals surface area contributed by atoms with Crippen molar-refractivity contribution in [3.05, 3.63) is 0 Å². The van der Waals surface area contributed by atoms with Gasteiger partial charge in [0.05, 0.1) is 11.7 Å². The summed E-state index contributed by atoms with van der Waals surface area (Å²) in [6.45, 7) is 6.40. The molecular weight excluding hydrogens is 200 g/mol. The lowest BCUT2D eigenvalue weighted by molar-refractivity contribution is -0.122. The van der Waals surface area contributed by atoms with E-state index in [0.29, 0.717) is 29.1 Å². The highest BCUT2D eigenvalue weighted by Crippen LogP contribution is 2.60. The van der Waals surface area contributed by atoms with E-state index in [-0.39, 0.29) is 5.60 Å². The quantitative estimate of drug-likeness (QED) is 0.638. The maximum atomic E-state index is 11.7. The molecule has 3 rings (SSSR count). The molecule has 3 fully saturated rings. The third-order valence-electron chi connectivity index (χ3n) is 5.57. The molecule has 1 aliphatic heterocycles. The predicted molar refractivity (Wildman–Crippen MR) is 62.1 cm³/mol. The fraction of sp³-hybridized carbons (Fsp3) is 0.929. The molecule has 0 unspecified atom stereocenters. The fourth-order valence-electron chi connectivity index (χ4n) is 4.28. The van der Waals surface area contributed by atoms with Crippen molar-refractivity contribution in [3.8, 4) is 0 Å². The maximum Gasteiger partial charge on any atom is 0.133 e. The predicted octanol–water partition coefficient (Wildman–Crippen LogP) is 2.95. The lowest BCUT2D eigenvalue weighted by Gasteiger charge is -2.32. The highest BCUT2D eigenvalue weighted by Gasteiger charge is 2.60. The summed E-state index contributed by atoms with van der Waals surface area (Å²) < 4.78 is 5.83. The Morgan fingerprint density at radius 2 is 2.00 bits per heavy atom. The second kappa shape index (κ2) is 3.10. The SMILES string of the molecule is CC(=O)[C@@H]1CC[C@]2(C)C[C@H]3O[C@@]3(C)CC[C@@H]12. The first-order valence-electron chi connectivity index (χ1n) is 6.63. The number of epoxide rings is 1. The van der Waals surface area contributed by atoms with Crippen LogP contribution in [0.15, 0.2) is 0 Å². The van der Waals surface area contributed by atoms with Crippen molar-refractivity contribution >= 4 is 5.78 Å².